The standard InChI is InChI=1S/C16H15Br2NO/c1-16(2)15(11-5-3-4-6-14(11)20-16)19-13-8-7-10(17)9-12(13)18/h3-9,15,19H,1-2H3. The summed E-state index contributed by atoms with van der Waals surface area (Å²) in [5.74, 6) is 0.961. The average molecular weight is 397 g/mol. The second-order valence-corrected chi connectivity index (χ2v) is 7.21. The number of hydrogen-bond donors (Lipinski definition) is 1. The molecule has 1 aliphatic rings. The first-order chi connectivity index (χ1) is 9.47. The first kappa shape index (κ1) is 14.0. The summed E-state index contributed by atoms with van der Waals surface area (Å²) in [6.07, 6.45) is 0. The van der Waals surface area contributed by atoms with Crippen LogP contribution in [-0.4, -0.2) is 5.60 Å². The van der Waals surface area contributed by atoms with Gasteiger partial charge < -0.3 is 10.1 Å². The van der Waals surface area contributed by atoms with Gasteiger partial charge in [-0.25, -0.2) is 0 Å². The molecule has 2 nitrogen and oxygen atoms in total. The molecule has 4 heteroatoms. The molecular weight excluding hydrogens is 382 g/mol. The summed E-state index contributed by atoms with van der Waals surface area (Å²) < 4.78 is 8.14. The van der Waals surface area contributed by atoms with Crippen LogP contribution < -0.4 is 10.1 Å². The number of hydrogen-bond acceptors (Lipinski definition) is 2. The van der Waals surface area contributed by atoms with Crippen molar-refractivity contribution in [2.24, 2.45) is 0 Å². The minimum atomic E-state index is -0.282. The van der Waals surface area contributed by atoms with Crippen molar-refractivity contribution in [2.45, 2.75) is 25.5 Å². The summed E-state index contributed by atoms with van der Waals surface area (Å²) in [5, 5.41) is 3.59. The van der Waals surface area contributed by atoms with Crippen molar-refractivity contribution in [3.05, 3.63) is 57.0 Å². The van der Waals surface area contributed by atoms with Crippen LogP contribution in [0, 0.1) is 0 Å². The molecule has 1 aliphatic heterocycles. The Balaban J connectivity index is 1.97. The molecular formula is C16H15Br2NO. The number of rotatable bonds is 2. The van der Waals surface area contributed by atoms with Gasteiger partial charge in [0.05, 0.1) is 6.04 Å². The first-order valence-corrected chi connectivity index (χ1v) is 8.05. The van der Waals surface area contributed by atoms with E-state index in [1.54, 1.807) is 0 Å². The Morgan fingerprint density at radius 1 is 1.10 bits per heavy atom. The molecule has 20 heavy (non-hydrogen) atoms. The van der Waals surface area contributed by atoms with Gasteiger partial charge in [0.25, 0.3) is 0 Å². The van der Waals surface area contributed by atoms with E-state index >= 15 is 0 Å². The van der Waals surface area contributed by atoms with Crippen LogP contribution in [0.25, 0.3) is 0 Å². The van der Waals surface area contributed by atoms with Crippen LogP contribution in [0.4, 0.5) is 5.69 Å². The average Bonchev–Trinajstić information content (AvgIpc) is 2.63. The molecule has 2 aromatic carbocycles. The van der Waals surface area contributed by atoms with Crippen molar-refractivity contribution in [1.29, 1.82) is 0 Å². The van der Waals surface area contributed by atoms with Gasteiger partial charge in [0.15, 0.2) is 0 Å². The van der Waals surface area contributed by atoms with Gasteiger partial charge in [-0.05, 0) is 54.0 Å². The van der Waals surface area contributed by atoms with Crippen LogP contribution in [-0.2, 0) is 0 Å². The van der Waals surface area contributed by atoms with Crippen molar-refractivity contribution < 1.29 is 4.74 Å². The third kappa shape index (κ3) is 2.47. The molecule has 0 amide bonds. The zero-order valence-electron chi connectivity index (χ0n) is 11.3. The van der Waals surface area contributed by atoms with Crippen molar-refractivity contribution in [1.82, 2.24) is 0 Å². The molecule has 1 heterocycles. The molecule has 0 saturated heterocycles. The molecule has 0 bridgehead atoms. The Labute approximate surface area is 135 Å². The lowest BCUT2D eigenvalue weighted by Gasteiger charge is -2.28. The molecule has 0 saturated carbocycles. The summed E-state index contributed by atoms with van der Waals surface area (Å²) in [5.41, 5.74) is 1.98. The third-order valence-electron chi connectivity index (χ3n) is 3.53. The van der Waals surface area contributed by atoms with E-state index in [0.717, 1.165) is 20.4 Å². The number of anilines is 1. The Kier molecular flexibility index (Phi) is 3.55. The third-order valence-corrected chi connectivity index (χ3v) is 4.68. The summed E-state index contributed by atoms with van der Waals surface area (Å²) in [6.45, 7) is 4.22. The van der Waals surface area contributed by atoms with Crippen molar-refractivity contribution in [3.8, 4) is 5.75 Å². The van der Waals surface area contributed by atoms with E-state index < -0.39 is 0 Å². The SMILES string of the molecule is CC1(C)Oc2ccccc2C1Nc1ccc(Br)cc1Br. The quantitative estimate of drug-likeness (QED) is 0.719. The summed E-state index contributed by atoms with van der Waals surface area (Å²) >= 11 is 7.07. The fraction of sp³-hybridized carbons (Fsp3) is 0.250. The lowest BCUT2D eigenvalue weighted by Crippen LogP contribution is -2.34. The Morgan fingerprint density at radius 3 is 2.60 bits per heavy atom. The molecule has 1 N–H and O–H groups in total. The normalized spacial score (nSPS) is 19.3. The topological polar surface area (TPSA) is 21.3 Å². The zero-order chi connectivity index (χ0) is 14.3. The van der Waals surface area contributed by atoms with Gasteiger partial charge in [0, 0.05) is 20.2 Å². The largest absolute Gasteiger partial charge is 0.485 e. The van der Waals surface area contributed by atoms with Gasteiger partial charge in [0.1, 0.15) is 11.4 Å². The fourth-order valence-electron chi connectivity index (χ4n) is 2.54. The molecule has 0 fully saturated rings. The summed E-state index contributed by atoms with van der Waals surface area (Å²) in [6, 6.07) is 14.5. The predicted octanol–water partition coefficient (Wildman–Crippen LogP) is 5.54. The fourth-order valence-corrected chi connectivity index (χ4v) is 3.70. The lowest BCUT2D eigenvalue weighted by molar-refractivity contribution is 0.118. The van der Waals surface area contributed by atoms with E-state index in [4.69, 9.17) is 4.74 Å². The molecule has 0 radical (unpaired) electrons. The van der Waals surface area contributed by atoms with Gasteiger partial charge in [-0.1, -0.05) is 34.1 Å². The van der Waals surface area contributed by atoms with E-state index in [1.807, 2.05) is 24.3 Å². The van der Waals surface area contributed by atoms with E-state index in [2.05, 4.69) is 69.2 Å². The van der Waals surface area contributed by atoms with Gasteiger partial charge in [-0.15, -0.1) is 0 Å². The highest BCUT2D eigenvalue weighted by atomic mass is 79.9. The van der Waals surface area contributed by atoms with Crippen LogP contribution in [0.3, 0.4) is 0 Å². The van der Waals surface area contributed by atoms with Crippen molar-refractivity contribution >= 4 is 37.5 Å². The maximum Gasteiger partial charge on any atom is 0.128 e. The van der Waals surface area contributed by atoms with Crippen molar-refractivity contribution in [3.63, 3.8) is 0 Å². The molecule has 1 atom stereocenters. The van der Waals surface area contributed by atoms with Crippen molar-refractivity contribution in [2.75, 3.05) is 5.32 Å². The number of benzene rings is 2. The highest BCUT2D eigenvalue weighted by Gasteiger charge is 2.41. The highest BCUT2D eigenvalue weighted by molar-refractivity contribution is 9.11. The monoisotopic (exact) mass is 395 g/mol. The van der Waals surface area contributed by atoms with E-state index in [9.17, 15) is 0 Å². The molecule has 104 valence electrons. The number of ether oxygens (including phenoxy) is 1. The number of fused-ring (bicyclic) bond motifs is 1. The lowest BCUT2D eigenvalue weighted by atomic mass is 9.94. The first-order valence-electron chi connectivity index (χ1n) is 6.47. The van der Waals surface area contributed by atoms with E-state index in [0.29, 0.717) is 0 Å². The number of nitrogens with one attached hydrogen (secondary N) is 1. The number of para-hydroxylation sites is 1. The van der Waals surface area contributed by atoms with Gasteiger partial charge >= 0.3 is 0 Å². The van der Waals surface area contributed by atoms with E-state index in [1.165, 1.54) is 5.56 Å². The molecule has 0 aromatic heterocycles. The minimum absolute atomic E-state index is 0.121. The Bertz CT molecular complexity index is 655. The summed E-state index contributed by atoms with van der Waals surface area (Å²) in [7, 11) is 0. The smallest absolute Gasteiger partial charge is 0.128 e. The molecule has 0 spiro atoms. The molecule has 3 rings (SSSR count). The maximum atomic E-state index is 6.06. The Morgan fingerprint density at radius 2 is 1.85 bits per heavy atom. The van der Waals surface area contributed by atoms with Crippen LogP contribution in [0.1, 0.15) is 25.5 Å². The molecule has 1 unspecified atom stereocenters. The van der Waals surface area contributed by atoms with Crippen LogP contribution in [0.15, 0.2) is 51.4 Å². The Hall–Kier alpha value is -1.000. The highest BCUT2D eigenvalue weighted by Crippen LogP contribution is 2.45. The van der Waals surface area contributed by atoms with Gasteiger partial charge in [-0.2, -0.15) is 0 Å². The van der Waals surface area contributed by atoms with Gasteiger partial charge in [0.2, 0.25) is 0 Å². The number of halogens is 2. The van der Waals surface area contributed by atoms with E-state index in [-0.39, 0.29) is 11.6 Å². The summed E-state index contributed by atoms with van der Waals surface area (Å²) in [4.78, 5) is 0. The van der Waals surface area contributed by atoms with Crippen LogP contribution >= 0.6 is 31.9 Å². The molecule has 0 aliphatic carbocycles. The zero-order valence-corrected chi connectivity index (χ0v) is 14.5. The molecule has 2 aromatic rings. The maximum absolute atomic E-state index is 6.06. The predicted molar refractivity (Wildman–Crippen MR) is 89.4 cm³/mol. The van der Waals surface area contributed by atoms with Crippen LogP contribution in [0.5, 0.6) is 5.75 Å². The second kappa shape index (κ2) is 5.08. The van der Waals surface area contributed by atoms with Gasteiger partial charge in [-0.3, -0.25) is 0 Å². The second-order valence-electron chi connectivity index (χ2n) is 5.44. The van der Waals surface area contributed by atoms with Crippen LogP contribution in [0.2, 0.25) is 0 Å². The minimum Gasteiger partial charge on any atom is -0.485 e.